The number of amides is 1. The summed E-state index contributed by atoms with van der Waals surface area (Å²) in [6, 6.07) is 0.305. The average Bonchev–Trinajstić information content (AvgIpc) is 2.94. The van der Waals surface area contributed by atoms with Gasteiger partial charge in [-0.2, -0.15) is 0 Å². The number of rotatable bonds is 5. The molecule has 0 unspecified atom stereocenters. The van der Waals surface area contributed by atoms with Crippen molar-refractivity contribution in [2.24, 2.45) is 5.73 Å². The Balaban J connectivity index is 0.00000288. The molecule has 10 heteroatoms. The minimum Gasteiger partial charge on any atom is -0.479 e. The second-order valence-corrected chi connectivity index (χ2v) is 6.36. The van der Waals surface area contributed by atoms with Crippen LogP contribution in [0.3, 0.4) is 0 Å². The molecule has 0 saturated carbocycles. The van der Waals surface area contributed by atoms with E-state index in [1.54, 1.807) is 0 Å². The minimum absolute atomic E-state index is 0. The van der Waals surface area contributed by atoms with Gasteiger partial charge >= 0.3 is 5.97 Å². The molecule has 134 valence electrons. The lowest BCUT2D eigenvalue weighted by molar-refractivity contribution is -0.145. The number of hydrogen-bond donors (Lipinski definition) is 2. The summed E-state index contributed by atoms with van der Waals surface area (Å²) in [6.45, 7) is 0.298. The molecule has 1 aliphatic heterocycles. The van der Waals surface area contributed by atoms with E-state index in [4.69, 9.17) is 10.8 Å². The van der Waals surface area contributed by atoms with Crippen LogP contribution in [0, 0.1) is 17.5 Å². The second kappa shape index (κ2) is 8.59. The van der Waals surface area contributed by atoms with Crippen molar-refractivity contribution in [3.63, 3.8) is 0 Å². The third kappa shape index (κ3) is 4.78. The molecule has 24 heavy (non-hydrogen) atoms. The predicted octanol–water partition coefficient (Wildman–Crippen LogP) is 1.77. The van der Waals surface area contributed by atoms with Crippen LogP contribution in [-0.2, 0) is 16.0 Å². The van der Waals surface area contributed by atoms with Crippen LogP contribution in [0.5, 0.6) is 0 Å². The molecule has 0 radical (unpaired) electrons. The lowest BCUT2D eigenvalue weighted by Gasteiger charge is -2.22. The summed E-state index contributed by atoms with van der Waals surface area (Å²) in [7, 11) is 0. The zero-order chi connectivity index (χ0) is 17.1. The Bertz CT molecular complexity index is 636. The Kier molecular flexibility index (Phi) is 7.37. The number of carbonyl (C=O) groups is 2. The average molecular weight is 385 g/mol. The van der Waals surface area contributed by atoms with E-state index in [1.807, 2.05) is 0 Å². The maximum atomic E-state index is 13.6. The quantitative estimate of drug-likeness (QED) is 0.756. The molecule has 2 rings (SSSR count). The Morgan fingerprint density at radius 3 is 2.54 bits per heavy atom. The lowest BCUT2D eigenvalue weighted by atomic mass is 10.0. The minimum atomic E-state index is -1.30. The van der Waals surface area contributed by atoms with Crippen LogP contribution >= 0.6 is 24.2 Å². The highest BCUT2D eigenvalue weighted by Crippen LogP contribution is 2.25. The van der Waals surface area contributed by atoms with Gasteiger partial charge in [-0.25, -0.2) is 18.0 Å². The van der Waals surface area contributed by atoms with Crippen molar-refractivity contribution in [3.8, 4) is 0 Å². The Labute approximate surface area is 146 Å². The van der Waals surface area contributed by atoms with Crippen LogP contribution in [-0.4, -0.2) is 45.6 Å². The molecule has 1 aliphatic rings. The van der Waals surface area contributed by atoms with E-state index < -0.39 is 40.7 Å². The summed E-state index contributed by atoms with van der Waals surface area (Å²) in [6.07, 6.45) is -0.365. The van der Waals surface area contributed by atoms with Crippen molar-refractivity contribution >= 4 is 36.0 Å². The number of nitrogens with two attached hydrogens (primary N) is 1. The Morgan fingerprint density at radius 2 is 1.92 bits per heavy atom. The van der Waals surface area contributed by atoms with Crippen LogP contribution in [0.25, 0.3) is 0 Å². The number of thioether (sulfide) groups is 1. The molecule has 1 fully saturated rings. The highest BCUT2D eigenvalue weighted by Gasteiger charge is 2.35. The summed E-state index contributed by atoms with van der Waals surface area (Å²) in [5.74, 6) is -4.49. The van der Waals surface area contributed by atoms with Gasteiger partial charge in [0, 0.05) is 30.8 Å². The molecular formula is C14H16ClF3N2O3S. The number of nitrogens with zero attached hydrogens (tertiary/aromatic N) is 1. The standard InChI is InChI=1S/C14H15F3N2O3S.ClH/c15-9-6-11(17)10(16)4-7(9)3-8(18)5-12(20)19-1-2-23-13(19)14(21)22;/h4,6,8,13H,1-3,5,18H2,(H,21,22);1H/t8-,13+;/m1./s1. The molecule has 2 atom stereocenters. The first-order valence-electron chi connectivity index (χ1n) is 6.82. The third-order valence-electron chi connectivity index (χ3n) is 3.43. The first kappa shape index (κ1) is 20.6. The summed E-state index contributed by atoms with van der Waals surface area (Å²) in [5, 5.41) is 8.07. The van der Waals surface area contributed by atoms with E-state index in [9.17, 15) is 22.8 Å². The summed E-state index contributed by atoms with van der Waals surface area (Å²) in [4.78, 5) is 24.3. The Morgan fingerprint density at radius 1 is 1.29 bits per heavy atom. The van der Waals surface area contributed by atoms with Crippen molar-refractivity contribution in [2.75, 3.05) is 12.3 Å². The fourth-order valence-electron chi connectivity index (χ4n) is 2.35. The molecule has 0 bridgehead atoms. The molecule has 1 aromatic carbocycles. The molecule has 1 amide bonds. The van der Waals surface area contributed by atoms with Crippen molar-refractivity contribution < 1.29 is 27.9 Å². The monoisotopic (exact) mass is 384 g/mol. The van der Waals surface area contributed by atoms with E-state index in [1.165, 1.54) is 4.90 Å². The first-order chi connectivity index (χ1) is 10.8. The number of hydrogen-bond acceptors (Lipinski definition) is 4. The number of aliphatic carboxylic acids is 1. The fraction of sp³-hybridized carbons (Fsp3) is 0.429. The molecule has 1 aromatic rings. The maximum Gasteiger partial charge on any atom is 0.337 e. The smallest absolute Gasteiger partial charge is 0.337 e. The van der Waals surface area contributed by atoms with Crippen molar-refractivity contribution in [3.05, 3.63) is 35.1 Å². The number of carboxylic acid groups (broad SMARTS) is 1. The van der Waals surface area contributed by atoms with Gasteiger partial charge in [0.1, 0.15) is 5.82 Å². The Hall–Kier alpha value is -1.45. The summed E-state index contributed by atoms with van der Waals surface area (Å²) in [5.41, 5.74) is 5.64. The fourth-order valence-corrected chi connectivity index (χ4v) is 3.42. The number of halogens is 4. The number of carboxylic acids is 1. The van der Waals surface area contributed by atoms with Crippen LogP contribution in [0.2, 0.25) is 0 Å². The van der Waals surface area contributed by atoms with Gasteiger partial charge in [0.05, 0.1) is 0 Å². The summed E-state index contributed by atoms with van der Waals surface area (Å²) < 4.78 is 39.6. The van der Waals surface area contributed by atoms with E-state index in [0.717, 1.165) is 11.8 Å². The van der Waals surface area contributed by atoms with Gasteiger partial charge in [0.25, 0.3) is 0 Å². The normalized spacial score (nSPS) is 18.2. The first-order valence-corrected chi connectivity index (χ1v) is 7.87. The topological polar surface area (TPSA) is 83.6 Å². The third-order valence-corrected chi connectivity index (χ3v) is 4.62. The molecule has 1 saturated heterocycles. The molecule has 0 aromatic heterocycles. The lowest BCUT2D eigenvalue weighted by Crippen LogP contribution is -2.42. The maximum absolute atomic E-state index is 13.6. The van der Waals surface area contributed by atoms with Gasteiger partial charge in [-0.1, -0.05) is 0 Å². The molecule has 0 spiro atoms. The zero-order valence-electron chi connectivity index (χ0n) is 12.4. The van der Waals surface area contributed by atoms with E-state index in [-0.39, 0.29) is 30.8 Å². The molecule has 1 heterocycles. The second-order valence-electron chi connectivity index (χ2n) is 5.17. The molecule has 0 aliphatic carbocycles. The number of benzene rings is 1. The van der Waals surface area contributed by atoms with E-state index in [0.29, 0.717) is 24.4 Å². The number of carbonyl (C=O) groups excluding carboxylic acids is 1. The van der Waals surface area contributed by atoms with Crippen LogP contribution in [0.1, 0.15) is 12.0 Å². The zero-order valence-corrected chi connectivity index (χ0v) is 14.0. The largest absolute Gasteiger partial charge is 0.479 e. The van der Waals surface area contributed by atoms with Crippen LogP contribution in [0.4, 0.5) is 13.2 Å². The van der Waals surface area contributed by atoms with E-state index >= 15 is 0 Å². The highest BCUT2D eigenvalue weighted by atomic mass is 35.5. The molecule has 5 nitrogen and oxygen atoms in total. The van der Waals surface area contributed by atoms with E-state index in [2.05, 4.69) is 0 Å². The highest BCUT2D eigenvalue weighted by molar-refractivity contribution is 8.00. The van der Waals surface area contributed by atoms with Gasteiger partial charge in [-0.05, 0) is 18.1 Å². The van der Waals surface area contributed by atoms with Crippen molar-refractivity contribution in [1.29, 1.82) is 0 Å². The SMILES string of the molecule is Cl.N[C@@H](CC(=O)N1CCS[C@H]1C(=O)O)Cc1cc(F)c(F)cc1F. The van der Waals surface area contributed by atoms with Gasteiger partial charge < -0.3 is 15.7 Å². The molecule has 3 N–H and O–H groups in total. The van der Waals surface area contributed by atoms with Gasteiger partial charge in [-0.15, -0.1) is 24.2 Å². The predicted molar refractivity (Wildman–Crippen MR) is 85.5 cm³/mol. The van der Waals surface area contributed by atoms with Crippen molar-refractivity contribution in [1.82, 2.24) is 4.90 Å². The van der Waals surface area contributed by atoms with Gasteiger partial charge in [0.2, 0.25) is 5.91 Å². The van der Waals surface area contributed by atoms with Crippen LogP contribution in [0.15, 0.2) is 12.1 Å². The van der Waals surface area contributed by atoms with Crippen LogP contribution < -0.4 is 5.73 Å². The summed E-state index contributed by atoms with van der Waals surface area (Å²) >= 11 is 1.14. The van der Waals surface area contributed by atoms with Gasteiger partial charge in [-0.3, -0.25) is 4.79 Å². The molecular weight excluding hydrogens is 369 g/mol. The van der Waals surface area contributed by atoms with Gasteiger partial charge in [0.15, 0.2) is 17.0 Å². The van der Waals surface area contributed by atoms with Crippen molar-refractivity contribution in [2.45, 2.75) is 24.3 Å².